The molecule has 3 N–H and O–H groups in total. The number of ether oxygens (including phenoxy) is 1. The zero-order valence-electron chi connectivity index (χ0n) is 16.2. The van der Waals surface area contributed by atoms with Gasteiger partial charge in [0.1, 0.15) is 5.75 Å². The third-order valence-electron chi connectivity index (χ3n) is 4.00. The van der Waals surface area contributed by atoms with Gasteiger partial charge in [0.15, 0.2) is 5.96 Å². The second-order valence-corrected chi connectivity index (χ2v) is 6.32. The van der Waals surface area contributed by atoms with E-state index in [0.29, 0.717) is 30.5 Å². The molecule has 0 aliphatic heterocycles. The predicted molar refractivity (Wildman–Crippen MR) is 126 cm³/mol. The van der Waals surface area contributed by atoms with Gasteiger partial charge in [-0.25, -0.2) is 0 Å². The zero-order valence-corrected chi connectivity index (χ0v) is 19.3. The summed E-state index contributed by atoms with van der Waals surface area (Å²) in [4.78, 5) is 16.3. The van der Waals surface area contributed by atoms with Crippen LogP contribution in [-0.2, 0) is 11.3 Å². The van der Waals surface area contributed by atoms with Gasteiger partial charge in [-0.2, -0.15) is 0 Å². The van der Waals surface area contributed by atoms with Gasteiger partial charge in [0.25, 0.3) is 0 Å². The molecule has 8 heteroatoms. The van der Waals surface area contributed by atoms with E-state index in [1.165, 1.54) is 0 Å². The van der Waals surface area contributed by atoms with Crippen LogP contribution in [-0.4, -0.2) is 32.6 Å². The van der Waals surface area contributed by atoms with E-state index in [0.717, 1.165) is 22.6 Å². The van der Waals surface area contributed by atoms with E-state index in [1.54, 1.807) is 20.2 Å². The van der Waals surface area contributed by atoms with Crippen molar-refractivity contribution in [3.8, 4) is 5.75 Å². The standard InChI is InChI=1S/C20H25ClN4O2.HI/c1-14-17(21)8-5-9-18(14)25-19(26)10-11-23-20(22-2)24-13-15-6-4-7-16(12-15)27-3;/h4-9,12H,10-11,13H2,1-3H3,(H,25,26)(H2,22,23,24);1H. The number of hydrogen-bond donors (Lipinski definition) is 3. The molecule has 152 valence electrons. The predicted octanol–water partition coefficient (Wildman–Crippen LogP) is 3.97. The van der Waals surface area contributed by atoms with E-state index in [4.69, 9.17) is 16.3 Å². The fourth-order valence-corrected chi connectivity index (χ4v) is 2.61. The maximum absolute atomic E-state index is 12.1. The number of hydrogen-bond acceptors (Lipinski definition) is 3. The Morgan fingerprint density at radius 1 is 1.18 bits per heavy atom. The molecule has 0 radical (unpaired) electrons. The smallest absolute Gasteiger partial charge is 0.226 e. The molecule has 0 saturated heterocycles. The fourth-order valence-electron chi connectivity index (χ4n) is 2.44. The molecule has 6 nitrogen and oxygen atoms in total. The minimum Gasteiger partial charge on any atom is -0.497 e. The second kappa shape index (κ2) is 12.5. The maximum Gasteiger partial charge on any atom is 0.226 e. The number of halogens is 2. The third kappa shape index (κ3) is 7.55. The Balaban J connectivity index is 0.00000392. The van der Waals surface area contributed by atoms with Crippen LogP contribution in [0.1, 0.15) is 17.5 Å². The molecule has 0 saturated carbocycles. The number of aliphatic imine (C=N–C) groups is 1. The van der Waals surface area contributed by atoms with Gasteiger partial charge < -0.3 is 20.7 Å². The molecule has 0 unspecified atom stereocenters. The summed E-state index contributed by atoms with van der Waals surface area (Å²) in [6.07, 6.45) is 0.311. The van der Waals surface area contributed by atoms with Crippen LogP contribution in [0.15, 0.2) is 47.5 Å². The van der Waals surface area contributed by atoms with Crippen molar-refractivity contribution in [3.05, 3.63) is 58.6 Å². The highest BCUT2D eigenvalue weighted by Crippen LogP contribution is 2.22. The van der Waals surface area contributed by atoms with Crippen LogP contribution in [0.25, 0.3) is 0 Å². The Morgan fingerprint density at radius 3 is 2.64 bits per heavy atom. The van der Waals surface area contributed by atoms with E-state index in [1.807, 2.05) is 43.3 Å². The molecule has 0 spiro atoms. The number of anilines is 1. The van der Waals surface area contributed by atoms with Crippen LogP contribution in [0.2, 0.25) is 5.02 Å². The van der Waals surface area contributed by atoms with Crippen LogP contribution in [0.4, 0.5) is 5.69 Å². The van der Waals surface area contributed by atoms with Crippen molar-refractivity contribution in [2.24, 2.45) is 4.99 Å². The monoisotopic (exact) mass is 516 g/mol. The van der Waals surface area contributed by atoms with E-state index >= 15 is 0 Å². The van der Waals surface area contributed by atoms with Crippen molar-refractivity contribution in [1.29, 1.82) is 0 Å². The summed E-state index contributed by atoms with van der Waals surface area (Å²) in [5.41, 5.74) is 2.66. The minimum absolute atomic E-state index is 0. The quantitative estimate of drug-likeness (QED) is 0.296. The third-order valence-corrected chi connectivity index (χ3v) is 4.41. The first kappa shape index (κ1) is 24.0. The van der Waals surface area contributed by atoms with Crippen LogP contribution >= 0.6 is 35.6 Å². The average Bonchev–Trinajstić information content (AvgIpc) is 2.68. The first-order valence-electron chi connectivity index (χ1n) is 8.66. The van der Waals surface area contributed by atoms with E-state index in [-0.39, 0.29) is 29.9 Å². The lowest BCUT2D eigenvalue weighted by molar-refractivity contribution is -0.116. The van der Waals surface area contributed by atoms with E-state index in [2.05, 4.69) is 20.9 Å². The van der Waals surface area contributed by atoms with Gasteiger partial charge in [0, 0.05) is 37.3 Å². The lowest BCUT2D eigenvalue weighted by Gasteiger charge is -2.13. The topological polar surface area (TPSA) is 74.8 Å². The highest BCUT2D eigenvalue weighted by atomic mass is 127. The van der Waals surface area contributed by atoms with Crippen molar-refractivity contribution in [3.63, 3.8) is 0 Å². The molecular weight excluding hydrogens is 491 g/mol. The zero-order chi connectivity index (χ0) is 19.6. The lowest BCUT2D eigenvalue weighted by Crippen LogP contribution is -2.38. The van der Waals surface area contributed by atoms with E-state index in [9.17, 15) is 4.79 Å². The highest BCUT2D eigenvalue weighted by molar-refractivity contribution is 14.0. The molecule has 0 heterocycles. The number of nitrogens with zero attached hydrogens (tertiary/aromatic N) is 1. The molecule has 28 heavy (non-hydrogen) atoms. The second-order valence-electron chi connectivity index (χ2n) is 5.91. The number of carbonyl (C=O) groups is 1. The summed E-state index contributed by atoms with van der Waals surface area (Å²) in [6, 6.07) is 13.2. The van der Waals surface area contributed by atoms with Gasteiger partial charge in [-0.15, -0.1) is 24.0 Å². The molecule has 1 amide bonds. The number of methoxy groups -OCH3 is 1. The van der Waals surface area contributed by atoms with Crippen molar-refractivity contribution in [1.82, 2.24) is 10.6 Å². The average molecular weight is 517 g/mol. The van der Waals surface area contributed by atoms with Gasteiger partial charge in [-0.1, -0.05) is 29.8 Å². The van der Waals surface area contributed by atoms with Crippen LogP contribution in [0, 0.1) is 6.92 Å². The molecule has 0 fully saturated rings. The number of carbonyl (C=O) groups excluding carboxylic acids is 1. The number of benzene rings is 2. The summed E-state index contributed by atoms with van der Waals surface area (Å²) in [7, 11) is 3.33. The Morgan fingerprint density at radius 2 is 1.93 bits per heavy atom. The summed E-state index contributed by atoms with van der Waals surface area (Å²) in [6.45, 7) is 2.94. The Labute approximate surface area is 188 Å². The highest BCUT2D eigenvalue weighted by Gasteiger charge is 2.07. The maximum atomic E-state index is 12.1. The van der Waals surface area contributed by atoms with Gasteiger partial charge >= 0.3 is 0 Å². The number of rotatable bonds is 7. The molecule has 2 rings (SSSR count). The Kier molecular flexibility index (Phi) is 10.7. The normalized spacial score (nSPS) is 10.6. The van der Waals surface area contributed by atoms with Crippen molar-refractivity contribution < 1.29 is 9.53 Å². The molecule has 0 aliphatic rings. The molecule has 0 aliphatic carbocycles. The number of guanidine groups is 1. The first-order valence-corrected chi connectivity index (χ1v) is 9.03. The molecule has 2 aromatic rings. The fraction of sp³-hybridized carbons (Fsp3) is 0.300. The van der Waals surface area contributed by atoms with Crippen molar-refractivity contribution in [2.45, 2.75) is 19.9 Å². The van der Waals surface area contributed by atoms with Crippen LogP contribution < -0.4 is 20.7 Å². The lowest BCUT2D eigenvalue weighted by atomic mass is 10.2. The van der Waals surface area contributed by atoms with Gasteiger partial charge in [0.2, 0.25) is 5.91 Å². The Hall–Kier alpha value is -2.00. The summed E-state index contributed by atoms with van der Waals surface area (Å²) in [5, 5.41) is 9.85. The van der Waals surface area contributed by atoms with Gasteiger partial charge in [0.05, 0.1) is 7.11 Å². The SMILES string of the molecule is CN=C(NCCC(=O)Nc1cccc(Cl)c1C)NCc1cccc(OC)c1.I. The van der Waals surface area contributed by atoms with Crippen molar-refractivity contribution in [2.75, 3.05) is 26.0 Å². The number of nitrogens with one attached hydrogen (secondary N) is 3. The summed E-state index contributed by atoms with van der Waals surface area (Å²) in [5.74, 6) is 1.35. The van der Waals surface area contributed by atoms with Gasteiger partial charge in [-0.3, -0.25) is 9.79 Å². The van der Waals surface area contributed by atoms with Gasteiger partial charge in [-0.05, 0) is 42.3 Å². The largest absolute Gasteiger partial charge is 0.497 e. The molecular formula is C20H26ClIN4O2. The summed E-state index contributed by atoms with van der Waals surface area (Å²) >= 11 is 6.07. The van der Waals surface area contributed by atoms with Crippen LogP contribution in [0.5, 0.6) is 5.75 Å². The Bertz CT molecular complexity index is 815. The molecule has 2 aromatic carbocycles. The van der Waals surface area contributed by atoms with Crippen LogP contribution in [0.3, 0.4) is 0 Å². The van der Waals surface area contributed by atoms with E-state index < -0.39 is 0 Å². The molecule has 0 bridgehead atoms. The number of amides is 1. The summed E-state index contributed by atoms with van der Waals surface area (Å²) < 4.78 is 5.22. The first-order chi connectivity index (χ1) is 13.0. The molecule has 0 atom stereocenters. The minimum atomic E-state index is -0.0869. The van der Waals surface area contributed by atoms with Crippen molar-refractivity contribution >= 4 is 53.1 Å². The molecule has 0 aromatic heterocycles.